The Morgan fingerprint density at radius 3 is 2.97 bits per heavy atom. The van der Waals surface area contributed by atoms with Gasteiger partial charge in [-0.15, -0.1) is 0 Å². The molecule has 200 valence electrons. The number of rotatable bonds is 6. The number of anilines is 3. The van der Waals surface area contributed by atoms with E-state index in [0.717, 1.165) is 18.5 Å². The Labute approximate surface area is 225 Å². The maximum absolute atomic E-state index is 13.4. The third-order valence-electron chi connectivity index (χ3n) is 7.03. The fourth-order valence-corrected chi connectivity index (χ4v) is 5.03. The van der Waals surface area contributed by atoms with Crippen LogP contribution in [0.3, 0.4) is 0 Å². The molecule has 0 aliphatic carbocycles. The molecule has 0 unspecified atom stereocenters. The van der Waals surface area contributed by atoms with Crippen molar-refractivity contribution in [2.45, 2.75) is 31.9 Å². The monoisotopic (exact) mass is 529 g/mol. The van der Waals surface area contributed by atoms with Crippen molar-refractivity contribution < 1.29 is 23.9 Å². The number of amides is 2. The fourth-order valence-electron chi connectivity index (χ4n) is 5.03. The van der Waals surface area contributed by atoms with Crippen LogP contribution in [0.15, 0.2) is 36.6 Å². The molecule has 0 saturated carbocycles. The third kappa shape index (κ3) is 5.31. The van der Waals surface area contributed by atoms with E-state index in [0.29, 0.717) is 67.2 Å². The molecule has 3 aliphatic heterocycles. The summed E-state index contributed by atoms with van der Waals surface area (Å²) in [6, 6.07) is 5.28. The van der Waals surface area contributed by atoms with Crippen LogP contribution >= 0.6 is 0 Å². The smallest absolute Gasteiger partial charge is 0.328 e. The number of methoxy groups -OCH3 is 1. The fraction of sp³-hybridized carbons (Fsp3) is 0.370. The number of pyridine rings is 2. The second-order valence-electron chi connectivity index (χ2n) is 9.39. The molecule has 0 radical (unpaired) electrons. The minimum Gasteiger partial charge on any atom is -0.440 e. The van der Waals surface area contributed by atoms with Gasteiger partial charge in [-0.2, -0.15) is 5.26 Å². The molecule has 5 heterocycles. The predicted molar refractivity (Wildman–Crippen MR) is 141 cm³/mol. The maximum atomic E-state index is 13.4. The summed E-state index contributed by atoms with van der Waals surface area (Å²) in [5, 5.41) is 12.4. The Bertz CT molecular complexity index is 1410. The third-order valence-corrected chi connectivity index (χ3v) is 7.03. The number of carbonyl (C=O) groups excluding carboxylic acids is 3. The highest BCUT2D eigenvalue weighted by Gasteiger charge is 2.28. The zero-order valence-corrected chi connectivity index (χ0v) is 21.4. The predicted octanol–water partition coefficient (Wildman–Crippen LogP) is 2.39. The zero-order chi connectivity index (χ0) is 27.4. The molecule has 12 heteroatoms. The second kappa shape index (κ2) is 11.3. The van der Waals surface area contributed by atoms with Crippen LogP contribution in [-0.4, -0.2) is 72.5 Å². The highest BCUT2D eigenvalue weighted by atomic mass is 16.5. The van der Waals surface area contributed by atoms with Gasteiger partial charge in [-0.3, -0.25) is 15.0 Å². The lowest BCUT2D eigenvalue weighted by Crippen LogP contribution is -2.40. The van der Waals surface area contributed by atoms with E-state index < -0.39 is 6.03 Å². The lowest BCUT2D eigenvalue weighted by molar-refractivity contribution is 0.111. The lowest BCUT2D eigenvalue weighted by atomic mass is 10.0. The quantitative estimate of drug-likeness (QED) is 0.438. The minimum absolute atomic E-state index is 0.0361. The van der Waals surface area contributed by atoms with E-state index in [1.165, 1.54) is 17.4 Å². The highest BCUT2D eigenvalue weighted by molar-refractivity contribution is 6.02. The summed E-state index contributed by atoms with van der Waals surface area (Å²) in [5.74, 6) is 2.52. The van der Waals surface area contributed by atoms with Gasteiger partial charge in [0.25, 0.3) is 5.88 Å². The van der Waals surface area contributed by atoms with E-state index in [2.05, 4.69) is 21.4 Å². The van der Waals surface area contributed by atoms with Gasteiger partial charge in [-0.1, -0.05) is 0 Å². The SMILES string of the molecule is CO[C@H]1CCN(c2cc(NC(=O)N3CCCc4cc(CN5CC=COC5=C=O)c(C=O)nc43)ncc2C#N)C1. The Hall–Kier alpha value is -4.72. The Morgan fingerprint density at radius 1 is 1.36 bits per heavy atom. The number of aryl methyl sites for hydroxylation is 1. The average Bonchev–Trinajstić information content (AvgIpc) is 3.46. The van der Waals surface area contributed by atoms with Crippen LogP contribution in [0.1, 0.15) is 40.0 Å². The molecule has 0 bridgehead atoms. The molecule has 0 aromatic carbocycles. The first-order valence-corrected chi connectivity index (χ1v) is 12.6. The number of fused-ring (bicyclic) bond motifs is 1. The Balaban J connectivity index is 1.37. The van der Waals surface area contributed by atoms with Gasteiger partial charge in [-0.05, 0) is 37.0 Å². The van der Waals surface area contributed by atoms with Gasteiger partial charge in [0.15, 0.2) is 12.2 Å². The van der Waals surface area contributed by atoms with Crippen LogP contribution in [-0.2, 0) is 27.2 Å². The average molecular weight is 530 g/mol. The topological polar surface area (TPSA) is 141 Å². The van der Waals surface area contributed by atoms with Crippen molar-refractivity contribution in [2.24, 2.45) is 0 Å². The highest BCUT2D eigenvalue weighted by Crippen LogP contribution is 2.30. The van der Waals surface area contributed by atoms with Crippen LogP contribution in [0.5, 0.6) is 0 Å². The van der Waals surface area contributed by atoms with E-state index in [-0.39, 0.29) is 24.2 Å². The van der Waals surface area contributed by atoms with Gasteiger partial charge >= 0.3 is 6.03 Å². The first kappa shape index (κ1) is 25.9. The number of hydrogen-bond donors (Lipinski definition) is 1. The summed E-state index contributed by atoms with van der Waals surface area (Å²) in [4.78, 5) is 50.6. The number of aldehydes is 1. The molecule has 3 aliphatic rings. The van der Waals surface area contributed by atoms with Crippen molar-refractivity contribution in [3.63, 3.8) is 0 Å². The van der Waals surface area contributed by atoms with E-state index in [9.17, 15) is 19.6 Å². The van der Waals surface area contributed by atoms with Gasteiger partial charge in [-0.25, -0.2) is 19.6 Å². The van der Waals surface area contributed by atoms with Crippen LogP contribution < -0.4 is 15.1 Å². The lowest BCUT2D eigenvalue weighted by Gasteiger charge is -2.30. The maximum Gasteiger partial charge on any atom is 0.328 e. The molecular formula is C27H27N7O5. The van der Waals surface area contributed by atoms with E-state index in [1.807, 2.05) is 11.0 Å². The van der Waals surface area contributed by atoms with Crippen molar-refractivity contribution in [2.75, 3.05) is 48.4 Å². The summed E-state index contributed by atoms with van der Waals surface area (Å²) in [7, 11) is 1.67. The van der Waals surface area contributed by atoms with E-state index >= 15 is 0 Å². The summed E-state index contributed by atoms with van der Waals surface area (Å²) < 4.78 is 10.7. The number of ether oxygens (including phenoxy) is 2. The molecule has 0 spiro atoms. The molecule has 1 saturated heterocycles. The molecule has 2 aromatic rings. The molecule has 12 nitrogen and oxygen atoms in total. The molecule has 1 fully saturated rings. The van der Waals surface area contributed by atoms with Crippen LogP contribution in [0.2, 0.25) is 0 Å². The zero-order valence-electron chi connectivity index (χ0n) is 21.4. The van der Waals surface area contributed by atoms with Crippen molar-refractivity contribution in [3.8, 4) is 6.07 Å². The summed E-state index contributed by atoms with van der Waals surface area (Å²) in [6.45, 7) is 2.45. The first-order valence-electron chi connectivity index (χ1n) is 12.6. The molecule has 1 N–H and O–H groups in total. The number of nitriles is 1. The van der Waals surface area contributed by atoms with Crippen molar-refractivity contribution >= 4 is 35.6 Å². The summed E-state index contributed by atoms with van der Waals surface area (Å²) in [5.41, 5.74) is 2.72. The van der Waals surface area contributed by atoms with Crippen molar-refractivity contribution in [1.29, 1.82) is 5.26 Å². The molecule has 2 amide bonds. The molecule has 5 rings (SSSR count). The summed E-state index contributed by atoms with van der Waals surface area (Å²) in [6.07, 6.45) is 7.57. The van der Waals surface area contributed by atoms with Crippen LogP contribution in [0, 0.1) is 11.3 Å². The number of aromatic nitrogens is 2. The first-order chi connectivity index (χ1) is 19.0. The Morgan fingerprint density at radius 2 is 2.23 bits per heavy atom. The number of nitrogens with one attached hydrogen (secondary N) is 1. The molecule has 39 heavy (non-hydrogen) atoms. The van der Waals surface area contributed by atoms with Crippen molar-refractivity contribution in [3.05, 3.63) is 58.9 Å². The van der Waals surface area contributed by atoms with Crippen LogP contribution in [0.25, 0.3) is 0 Å². The van der Waals surface area contributed by atoms with Gasteiger partial charge in [0.05, 0.1) is 23.6 Å². The minimum atomic E-state index is -0.437. The standard InChI is InChI=1S/C27H27N7O5/c1-38-21-5-8-32(15-21)23-11-24(29-13-20(23)12-28)31-27(37)34-7-2-4-18-10-19(22(16-35)30-26(18)34)14-33-6-3-9-39-25(33)17-36/h3,9-11,13,16,21H,2,4-8,14-15H2,1H3,(H,29,31,37)/t21-/m0/s1. The molecular weight excluding hydrogens is 502 g/mol. The summed E-state index contributed by atoms with van der Waals surface area (Å²) >= 11 is 0. The molecule has 1 atom stereocenters. The number of urea groups is 1. The van der Waals surface area contributed by atoms with E-state index in [1.54, 1.807) is 30.1 Å². The largest absolute Gasteiger partial charge is 0.440 e. The Kier molecular flexibility index (Phi) is 7.54. The number of hydrogen-bond acceptors (Lipinski definition) is 10. The van der Waals surface area contributed by atoms with E-state index in [4.69, 9.17) is 9.47 Å². The van der Waals surface area contributed by atoms with Gasteiger partial charge in [0.2, 0.25) is 0 Å². The van der Waals surface area contributed by atoms with Gasteiger partial charge < -0.3 is 19.3 Å². The molecule has 2 aromatic heterocycles. The normalized spacial score (nSPS) is 18.2. The van der Waals surface area contributed by atoms with Gasteiger partial charge in [0.1, 0.15) is 23.4 Å². The second-order valence-corrected chi connectivity index (χ2v) is 9.39. The number of carbonyl (C=O) groups is 2. The van der Waals surface area contributed by atoms with Crippen molar-refractivity contribution in [1.82, 2.24) is 14.9 Å². The van der Waals surface area contributed by atoms with Crippen LogP contribution in [0.4, 0.5) is 22.1 Å². The number of nitrogens with zero attached hydrogens (tertiary/aromatic N) is 6. The van der Waals surface area contributed by atoms with Gasteiger partial charge in [0, 0.05) is 57.7 Å².